The zero-order chi connectivity index (χ0) is 12.1. The Hall–Kier alpha value is -0.970. The molecule has 98 valence electrons. The standard InChI is InChI=1S/C12H19NO3.ClH/c1-3-5-9(15)12(13)11-8(14)6-4-7-10(11)16-2;/h4,6-7,9,12,14-15H,3,5,13H2,1-2H3;1H/t9-,12-;/m0./s1. The van der Waals surface area contributed by atoms with Gasteiger partial charge in [-0.25, -0.2) is 0 Å². The summed E-state index contributed by atoms with van der Waals surface area (Å²) in [6, 6.07) is 4.30. The van der Waals surface area contributed by atoms with Gasteiger partial charge < -0.3 is 20.7 Å². The highest BCUT2D eigenvalue weighted by Crippen LogP contribution is 2.34. The minimum Gasteiger partial charge on any atom is -0.507 e. The molecule has 0 aliphatic heterocycles. The lowest BCUT2D eigenvalue weighted by atomic mass is 9.97. The van der Waals surface area contributed by atoms with Gasteiger partial charge in [-0.1, -0.05) is 19.4 Å². The average molecular weight is 262 g/mol. The lowest BCUT2D eigenvalue weighted by Gasteiger charge is -2.21. The molecule has 0 spiro atoms. The summed E-state index contributed by atoms with van der Waals surface area (Å²) in [7, 11) is 1.51. The Kier molecular flexibility index (Phi) is 6.95. The van der Waals surface area contributed by atoms with Crippen LogP contribution in [0.1, 0.15) is 31.4 Å². The van der Waals surface area contributed by atoms with Gasteiger partial charge >= 0.3 is 0 Å². The van der Waals surface area contributed by atoms with E-state index in [1.54, 1.807) is 12.1 Å². The highest BCUT2D eigenvalue weighted by atomic mass is 35.5. The summed E-state index contributed by atoms with van der Waals surface area (Å²) >= 11 is 0. The number of phenolic OH excluding ortho intramolecular Hbond substituents is 1. The third kappa shape index (κ3) is 3.77. The maximum absolute atomic E-state index is 9.82. The molecule has 1 rings (SSSR count). The highest BCUT2D eigenvalue weighted by molar-refractivity contribution is 5.85. The summed E-state index contributed by atoms with van der Waals surface area (Å²) in [5.74, 6) is 0.560. The summed E-state index contributed by atoms with van der Waals surface area (Å²) in [5, 5.41) is 19.6. The van der Waals surface area contributed by atoms with Crippen LogP contribution in [0.15, 0.2) is 18.2 Å². The van der Waals surface area contributed by atoms with Crippen LogP contribution in [0.3, 0.4) is 0 Å². The van der Waals surface area contributed by atoms with Gasteiger partial charge in [0.1, 0.15) is 11.5 Å². The average Bonchev–Trinajstić information content (AvgIpc) is 2.28. The number of aromatic hydroxyl groups is 1. The minimum atomic E-state index is -0.674. The topological polar surface area (TPSA) is 75.7 Å². The Bertz CT molecular complexity index is 347. The van der Waals surface area contributed by atoms with E-state index in [0.717, 1.165) is 6.42 Å². The van der Waals surface area contributed by atoms with Gasteiger partial charge in [-0.05, 0) is 18.6 Å². The highest BCUT2D eigenvalue weighted by Gasteiger charge is 2.22. The Morgan fingerprint density at radius 2 is 2.06 bits per heavy atom. The van der Waals surface area contributed by atoms with E-state index in [0.29, 0.717) is 17.7 Å². The summed E-state index contributed by atoms with van der Waals surface area (Å²) in [5.41, 5.74) is 6.38. The molecule has 0 saturated heterocycles. The van der Waals surface area contributed by atoms with Crippen LogP contribution in [-0.2, 0) is 0 Å². The normalized spacial score (nSPS) is 13.6. The van der Waals surface area contributed by atoms with Crippen molar-refractivity contribution in [3.05, 3.63) is 23.8 Å². The van der Waals surface area contributed by atoms with E-state index < -0.39 is 12.1 Å². The summed E-state index contributed by atoms with van der Waals surface area (Å²) < 4.78 is 5.12. The smallest absolute Gasteiger partial charge is 0.127 e. The Balaban J connectivity index is 0.00000256. The van der Waals surface area contributed by atoms with Crippen LogP contribution in [0.5, 0.6) is 11.5 Å². The first-order chi connectivity index (χ1) is 7.61. The van der Waals surface area contributed by atoms with Crippen LogP contribution in [0, 0.1) is 0 Å². The minimum absolute atomic E-state index is 0. The van der Waals surface area contributed by atoms with Gasteiger partial charge in [-0.3, -0.25) is 0 Å². The molecule has 0 radical (unpaired) electrons. The van der Waals surface area contributed by atoms with Gasteiger partial charge in [-0.15, -0.1) is 12.4 Å². The fourth-order valence-electron chi connectivity index (χ4n) is 1.71. The van der Waals surface area contributed by atoms with Crippen molar-refractivity contribution in [2.24, 2.45) is 5.73 Å². The van der Waals surface area contributed by atoms with Crippen molar-refractivity contribution in [2.75, 3.05) is 7.11 Å². The van der Waals surface area contributed by atoms with Gasteiger partial charge in [0.15, 0.2) is 0 Å². The first-order valence-electron chi connectivity index (χ1n) is 5.41. The van der Waals surface area contributed by atoms with Crippen molar-refractivity contribution in [3.8, 4) is 11.5 Å². The van der Waals surface area contributed by atoms with E-state index in [9.17, 15) is 10.2 Å². The summed E-state index contributed by atoms with van der Waals surface area (Å²) in [6.07, 6.45) is 0.760. The number of halogens is 1. The predicted octanol–water partition coefficient (Wildman–Crippen LogP) is 1.98. The van der Waals surface area contributed by atoms with Crippen LogP contribution in [0.2, 0.25) is 0 Å². The molecule has 0 aliphatic rings. The van der Waals surface area contributed by atoms with Gasteiger partial charge in [0.05, 0.1) is 24.8 Å². The molecular weight excluding hydrogens is 242 g/mol. The summed E-state index contributed by atoms with van der Waals surface area (Å²) in [4.78, 5) is 0. The maximum atomic E-state index is 9.82. The number of ether oxygens (including phenoxy) is 1. The number of nitrogens with two attached hydrogens (primary N) is 1. The number of hydrogen-bond donors (Lipinski definition) is 3. The molecule has 0 aliphatic carbocycles. The van der Waals surface area contributed by atoms with Crippen LogP contribution >= 0.6 is 12.4 Å². The van der Waals surface area contributed by atoms with Crippen molar-refractivity contribution in [2.45, 2.75) is 31.9 Å². The first kappa shape index (κ1) is 16.0. The molecule has 2 atom stereocenters. The van der Waals surface area contributed by atoms with E-state index in [1.165, 1.54) is 13.2 Å². The van der Waals surface area contributed by atoms with Crippen LogP contribution in [0.4, 0.5) is 0 Å². The number of aliphatic hydroxyl groups is 1. The van der Waals surface area contributed by atoms with E-state index in [1.807, 2.05) is 6.92 Å². The Morgan fingerprint density at radius 3 is 2.59 bits per heavy atom. The van der Waals surface area contributed by atoms with E-state index in [-0.39, 0.29) is 18.2 Å². The van der Waals surface area contributed by atoms with E-state index in [2.05, 4.69) is 0 Å². The lowest BCUT2D eigenvalue weighted by Crippen LogP contribution is -2.26. The van der Waals surface area contributed by atoms with Crippen molar-refractivity contribution < 1.29 is 14.9 Å². The number of methoxy groups -OCH3 is 1. The molecule has 1 aromatic rings. The van der Waals surface area contributed by atoms with Gasteiger partial charge in [0, 0.05) is 0 Å². The van der Waals surface area contributed by atoms with Crippen molar-refractivity contribution >= 4 is 12.4 Å². The number of rotatable bonds is 5. The van der Waals surface area contributed by atoms with Gasteiger partial charge in [0.25, 0.3) is 0 Å². The largest absolute Gasteiger partial charge is 0.507 e. The maximum Gasteiger partial charge on any atom is 0.127 e. The van der Waals surface area contributed by atoms with Crippen molar-refractivity contribution in [3.63, 3.8) is 0 Å². The molecule has 0 unspecified atom stereocenters. The molecule has 4 nitrogen and oxygen atoms in total. The van der Waals surface area contributed by atoms with Gasteiger partial charge in [-0.2, -0.15) is 0 Å². The molecule has 0 aromatic heterocycles. The van der Waals surface area contributed by atoms with E-state index >= 15 is 0 Å². The zero-order valence-corrected chi connectivity index (χ0v) is 10.9. The molecule has 17 heavy (non-hydrogen) atoms. The van der Waals surface area contributed by atoms with Gasteiger partial charge in [0.2, 0.25) is 0 Å². The Labute approximate surface area is 108 Å². The Morgan fingerprint density at radius 1 is 1.41 bits per heavy atom. The number of hydrogen-bond acceptors (Lipinski definition) is 4. The molecule has 1 aromatic carbocycles. The third-order valence-corrected chi connectivity index (χ3v) is 2.60. The zero-order valence-electron chi connectivity index (χ0n) is 10.1. The third-order valence-electron chi connectivity index (χ3n) is 2.60. The SMILES string of the molecule is CCC[C@H](O)[C@H](N)c1c(O)cccc1OC.Cl. The molecule has 4 N–H and O–H groups in total. The second-order valence-electron chi connectivity index (χ2n) is 3.77. The van der Waals surface area contributed by atoms with Crippen LogP contribution in [0.25, 0.3) is 0 Å². The lowest BCUT2D eigenvalue weighted by molar-refractivity contribution is 0.132. The summed E-state index contributed by atoms with van der Waals surface area (Å²) in [6.45, 7) is 1.97. The fourth-order valence-corrected chi connectivity index (χ4v) is 1.71. The second-order valence-corrected chi connectivity index (χ2v) is 3.77. The number of benzene rings is 1. The van der Waals surface area contributed by atoms with Crippen LogP contribution < -0.4 is 10.5 Å². The predicted molar refractivity (Wildman–Crippen MR) is 69.8 cm³/mol. The molecule has 5 heteroatoms. The molecular formula is C12H20ClNO3. The molecule has 0 saturated carbocycles. The molecule has 0 amide bonds. The number of phenols is 1. The van der Waals surface area contributed by atoms with Crippen LogP contribution in [-0.4, -0.2) is 23.4 Å². The molecule has 0 bridgehead atoms. The second kappa shape index (κ2) is 7.37. The van der Waals surface area contributed by atoms with Crippen molar-refractivity contribution in [1.82, 2.24) is 0 Å². The molecule has 0 fully saturated rings. The van der Waals surface area contributed by atoms with E-state index in [4.69, 9.17) is 10.5 Å². The monoisotopic (exact) mass is 261 g/mol. The quantitative estimate of drug-likeness (QED) is 0.758. The first-order valence-corrected chi connectivity index (χ1v) is 5.41. The van der Waals surface area contributed by atoms with Crippen molar-refractivity contribution in [1.29, 1.82) is 0 Å². The molecule has 0 heterocycles. The fraction of sp³-hybridized carbons (Fsp3) is 0.500. The number of aliphatic hydroxyl groups excluding tert-OH is 1.